The highest BCUT2D eigenvalue weighted by molar-refractivity contribution is 7.88. The van der Waals surface area contributed by atoms with Crippen LogP contribution in [0.4, 0.5) is 0 Å². The molecule has 0 bridgehead atoms. The van der Waals surface area contributed by atoms with Gasteiger partial charge in [-0.3, -0.25) is 9.69 Å². The average Bonchev–Trinajstić information content (AvgIpc) is 2.74. The third kappa shape index (κ3) is 5.01. The molecule has 2 heterocycles. The number of hydrogen-bond acceptors (Lipinski definition) is 4. The molecule has 0 radical (unpaired) electrons. The molecule has 1 aromatic carbocycles. The first-order chi connectivity index (χ1) is 14.0. The molecule has 7 heteroatoms. The average molecular weight is 420 g/mol. The Kier molecular flexibility index (Phi) is 6.56. The summed E-state index contributed by atoms with van der Waals surface area (Å²) in [4.78, 5) is 17.3. The number of amides is 1. The minimum atomic E-state index is -3.31. The summed E-state index contributed by atoms with van der Waals surface area (Å²) in [6, 6.07) is 9.77. The molecule has 2 aliphatic heterocycles. The van der Waals surface area contributed by atoms with E-state index in [2.05, 4.69) is 9.80 Å². The number of piperazine rings is 1. The van der Waals surface area contributed by atoms with E-state index < -0.39 is 10.0 Å². The van der Waals surface area contributed by atoms with Crippen LogP contribution in [0, 0.1) is 5.92 Å². The fraction of sp³-hybridized carbons (Fsp3) is 0.682. The van der Waals surface area contributed by atoms with E-state index in [1.807, 2.05) is 30.3 Å². The molecule has 1 aliphatic carbocycles. The first-order valence-electron chi connectivity index (χ1n) is 11.1. The van der Waals surface area contributed by atoms with E-state index in [0.717, 1.165) is 24.9 Å². The second kappa shape index (κ2) is 9.14. The molecule has 0 unspecified atom stereocenters. The number of sulfonamides is 1. The molecule has 4 rings (SSSR count). The fourth-order valence-corrected chi connectivity index (χ4v) is 6.77. The molecule has 0 N–H and O–H groups in total. The lowest BCUT2D eigenvalue weighted by Gasteiger charge is -2.45. The topological polar surface area (TPSA) is 60.9 Å². The zero-order valence-corrected chi connectivity index (χ0v) is 18.0. The number of nitrogens with zero attached hydrogens (tertiary/aromatic N) is 3. The molecule has 2 atom stereocenters. The van der Waals surface area contributed by atoms with Gasteiger partial charge in [0, 0.05) is 38.8 Å². The maximum Gasteiger partial charge on any atom is 0.237 e. The van der Waals surface area contributed by atoms with Crippen LogP contribution in [0.1, 0.15) is 44.1 Å². The van der Waals surface area contributed by atoms with Crippen molar-refractivity contribution in [2.45, 2.75) is 50.3 Å². The van der Waals surface area contributed by atoms with Crippen LogP contribution in [0.3, 0.4) is 0 Å². The summed E-state index contributed by atoms with van der Waals surface area (Å²) in [7, 11) is -3.31. The Morgan fingerprint density at radius 3 is 2.34 bits per heavy atom. The van der Waals surface area contributed by atoms with Gasteiger partial charge in [-0.2, -0.15) is 4.31 Å². The highest BCUT2D eigenvalue weighted by Crippen LogP contribution is 2.35. The van der Waals surface area contributed by atoms with Crippen molar-refractivity contribution in [1.82, 2.24) is 14.1 Å². The van der Waals surface area contributed by atoms with E-state index in [1.165, 1.54) is 25.7 Å². The Labute approximate surface area is 174 Å². The molecule has 3 fully saturated rings. The Morgan fingerprint density at radius 1 is 0.897 bits per heavy atom. The number of benzene rings is 1. The zero-order chi connectivity index (χ0) is 20.3. The van der Waals surface area contributed by atoms with Gasteiger partial charge in [0.2, 0.25) is 15.9 Å². The molecule has 160 valence electrons. The van der Waals surface area contributed by atoms with Crippen molar-refractivity contribution in [2.24, 2.45) is 5.92 Å². The summed E-state index contributed by atoms with van der Waals surface area (Å²) in [5, 5.41) is 0. The van der Waals surface area contributed by atoms with Gasteiger partial charge in [-0.15, -0.1) is 0 Å². The van der Waals surface area contributed by atoms with Crippen LogP contribution in [0.2, 0.25) is 0 Å². The summed E-state index contributed by atoms with van der Waals surface area (Å²) in [6.45, 7) is 3.51. The summed E-state index contributed by atoms with van der Waals surface area (Å²) >= 11 is 0. The molecule has 1 amide bonds. The molecule has 0 spiro atoms. The van der Waals surface area contributed by atoms with Gasteiger partial charge in [-0.1, -0.05) is 43.2 Å². The second-order valence-corrected chi connectivity index (χ2v) is 10.7. The SMILES string of the molecule is O=C(CN1CCN(S(=O)(=O)Cc2ccccc2)CC1)N1CCC[C@H]2CCCC[C@H]21. The molecule has 2 saturated heterocycles. The van der Waals surface area contributed by atoms with E-state index in [-0.39, 0.29) is 11.7 Å². The van der Waals surface area contributed by atoms with Gasteiger partial charge in [0.15, 0.2) is 0 Å². The van der Waals surface area contributed by atoms with Gasteiger partial charge in [-0.25, -0.2) is 8.42 Å². The van der Waals surface area contributed by atoms with Crippen LogP contribution in [-0.4, -0.2) is 73.7 Å². The van der Waals surface area contributed by atoms with Crippen LogP contribution in [0.15, 0.2) is 30.3 Å². The molecule has 29 heavy (non-hydrogen) atoms. The van der Waals surface area contributed by atoms with E-state index in [0.29, 0.717) is 44.7 Å². The molecule has 1 saturated carbocycles. The van der Waals surface area contributed by atoms with E-state index >= 15 is 0 Å². The Morgan fingerprint density at radius 2 is 1.59 bits per heavy atom. The third-order valence-corrected chi connectivity index (χ3v) is 8.69. The first-order valence-corrected chi connectivity index (χ1v) is 12.7. The van der Waals surface area contributed by atoms with Crippen molar-refractivity contribution in [3.8, 4) is 0 Å². The lowest BCUT2D eigenvalue weighted by atomic mass is 9.78. The summed E-state index contributed by atoms with van der Waals surface area (Å²) < 4.78 is 27.0. The molecule has 0 aromatic heterocycles. The van der Waals surface area contributed by atoms with Gasteiger partial charge in [0.1, 0.15) is 0 Å². The zero-order valence-electron chi connectivity index (χ0n) is 17.2. The second-order valence-electron chi connectivity index (χ2n) is 8.76. The van der Waals surface area contributed by atoms with Gasteiger partial charge in [0.25, 0.3) is 0 Å². The highest BCUT2D eigenvalue weighted by atomic mass is 32.2. The smallest absolute Gasteiger partial charge is 0.237 e. The molecule has 1 aromatic rings. The standard InChI is InChI=1S/C22H33N3O3S/c26-22(25-12-6-10-20-9-4-5-11-21(20)25)17-23-13-15-24(16-14-23)29(27,28)18-19-7-2-1-3-8-19/h1-3,7-8,20-21H,4-6,9-18H2/t20-,21-/m1/s1. The van der Waals surface area contributed by atoms with Crippen LogP contribution < -0.4 is 0 Å². The predicted octanol–water partition coefficient (Wildman–Crippen LogP) is 2.32. The normalized spacial score (nSPS) is 26.8. The lowest BCUT2D eigenvalue weighted by Crippen LogP contribution is -2.55. The van der Waals surface area contributed by atoms with E-state index in [1.54, 1.807) is 4.31 Å². The van der Waals surface area contributed by atoms with Crippen molar-refractivity contribution in [3.63, 3.8) is 0 Å². The number of rotatable bonds is 5. The maximum absolute atomic E-state index is 13.0. The Balaban J connectivity index is 1.29. The molecule has 6 nitrogen and oxygen atoms in total. The maximum atomic E-state index is 13.0. The van der Waals surface area contributed by atoms with Crippen molar-refractivity contribution in [2.75, 3.05) is 39.3 Å². The number of piperidine rings is 1. The van der Waals surface area contributed by atoms with Crippen molar-refractivity contribution < 1.29 is 13.2 Å². The number of likely N-dealkylation sites (tertiary alicyclic amines) is 1. The minimum absolute atomic E-state index is 0.0453. The molecular weight excluding hydrogens is 386 g/mol. The van der Waals surface area contributed by atoms with Crippen LogP contribution in [0.25, 0.3) is 0 Å². The van der Waals surface area contributed by atoms with Crippen LogP contribution in [-0.2, 0) is 20.6 Å². The van der Waals surface area contributed by atoms with Gasteiger partial charge >= 0.3 is 0 Å². The van der Waals surface area contributed by atoms with Gasteiger partial charge in [-0.05, 0) is 37.2 Å². The quantitative estimate of drug-likeness (QED) is 0.735. The van der Waals surface area contributed by atoms with Crippen molar-refractivity contribution in [3.05, 3.63) is 35.9 Å². The van der Waals surface area contributed by atoms with Crippen LogP contribution >= 0.6 is 0 Å². The largest absolute Gasteiger partial charge is 0.338 e. The summed E-state index contributed by atoms with van der Waals surface area (Å²) in [5.41, 5.74) is 0.817. The van der Waals surface area contributed by atoms with E-state index in [4.69, 9.17) is 0 Å². The minimum Gasteiger partial charge on any atom is -0.338 e. The summed E-state index contributed by atoms with van der Waals surface area (Å²) in [5.74, 6) is 0.979. The molecular formula is C22H33N3O3S. The Bertz CT molecular complexity index is 789. The fourth-order valence-electron chi connectivity index (χ4n) is 5.26. The number of carbonyl (C=O) groups excluding carboxylic acids is 1. The lowest BCUT2D eigenvalue weighted by molar-refractivity contribution is -0.139. The van der Waals surface area contributed by atoms with Crippen molar-refractivity contribution in [1.29, 1.82) is 0 Å². The first kappa shape index (κ1) is 20.8. The molecule has 3 aliphatic rings. The Hall–Kier alpha value is -1.44. The van der Waals surface area contributed by atoms with Crippen molar-refractivity contribution >= 4 is 15.9 Å². The van der Waals surface area contributed by atoms with Gasteiger partial charge in [0.05, 0.1) is 12.3 Å². The van der Waals surface area contributed by atoms with Gasteiger partial charge < -0.3 is 4.90 Å². The number of carbonyl (C=O) groups is 1. The highest BCUT2D eigenvalue weighted by Gasteiger charge is 2.36. The van der Waals surface area contributed by atoms with Crippen LogP contribution in [0.5, 0.6) is 0 Å². The number of hydrogen-bond donors (Lipinski definition) is 0. The predicted molar refractivity (Wildman–Crippen MR) is 114 cm³/mol. The monoisotopic (exact) mass is 419 g/mol. The third-order valence-electron chi connectivity index (χ3n) is 6.84. The van der Waals surface area contributed by atoms with E-state index in [9.17, 15) is 13.2 Å². The summed E-state index contributed by atoms with van der Waals surface area (Å²) in [6.07, 6.45) is 7.37. The number of fused-ring (bicyclic) bond motifs is 1.